The van der Waals surface area contributed by atoms with Gasteiger partial charge in [0, 0.05) is 44.5 Å². The number of carbonyl (C=O) groups is 1. The molecule has 4 aromatic rings. The first kappa shape index (κ1) is 29.8. The summed E-state index contributed by atoms with van der Waals surface area (Å²) in [6.07, 6.45) is -0.606. The Bertz CT molecular complexity index is 1600. The van der Waals surface area contributed by atoms with Crippen molar-refractivity contribution >= 4 is 17.3 Å². The van der Waals surface area contributed by atoms with E-state index in [2.05, 4.69) is 25.9 Å². The van der Waals surface area contributed by atoms with Crippen LogP contribution in [-0.2, 0) is 6.18 Å². The smallest absolute Gasteiger partial charge is 0.422 e. The van der Waals surface area contributed by atoms with Gasteiger partial charge in [0.25, 0.3) is 5.91 Å². The lowest BCUT2D eigenvalue weighted by Gasteiger charge is -2.42. The molecular formula is C28H27F5N8O2. The van der Waals surface area contributed by atoms with E-state index in [4.69, 9.17) is 4.74 Å². The predicted octanol–water partition coefficient (Wildman–Crippen LogP) is 4.34. The Hall–Kier alpha value is -4.63. The van der Waals surface area contributed by atoms with Gasteiger partial charge in [-0.2, -0.15) is 28.5 Å². The SMILES string of the molecule is CNC[C@H]1CN(c2c(NC(=O)c3ccn(-c4ccnnc4)n3)ccc(Oc3ccc(F)cc3F)c2C(F)(F)F)CCN1C. The molecule has 1 saturated heterocycles. The van der Waals surface area contributed by atoms with E-state index in [-0.39, 0.29) is 36.2 Å². The zero-order chi connectivity index (χ0) is 30.7. The maximum atomic E-state index is 14.9. The van der Waals surface area contributed by atoms with Gasteiger partial charge in [-0.3, -0.25) is 9.69 Å². The number of nitrogens with one attached hydrogen (secondary N) is 2. The molecule has 2 N–H and O–H groups in total. The maximum Gasteiger partial charge on any atom is 0.422 e. The van der Waals surface area contributed by atoms with Gasteiger partial charge >= 0.3 is 6.18 Å². The summed E-state index contributed by atoms with van der Waals surface area (Å²) < 4.78 is 79.2. The molecule has 0 aliphatic carbocycles. The summed E-state index contributed by atoms with van der Waals surface area (Å²) in [6.45, 7) is 1.30. The van der Waals surface area contributed by atoms with Crippen molar-refractivity contribution < 1.29 is 31.5 Å². The number of aromatic nitrogens is 4. The fraction of sp³-hybridized carbons (Fsp3) is 0.286. The van der Waals surface area contributed by atoms with Gasteiger partial charge in [0.05, 0.1) is 29.5 Å². The van der Waals surface area contributed by atoms with Crippen LogP contribution in [0, 0.1) is 11.6 Å². The van der Waals surface area contributed by atoms with E-state index in [0.717, 1.165) is 18.2 Å². The van der Waals surface area contributed by atoms with Crippen molar-refractivity contribution in [2.75, 3.05) is 50.5 Å². The van der Waals surface area contributed by atoms with Crippen LogP contribution in [-0.4, -0.2) is 77.1 Å². The van der Waals surface area contributed by atoms with Crippen molar-refractivity contribution in [2.24, 2.45) is 0 Å². The summed E-state index contributed by atoms with van der Waals surface area (Å²) in [6, 6.07) is 7.43. The molecule has 1 fully saturated rings. The molecule has 2 aromatic carbocycles. The highest BCUT2D eigenvalue weighted by Crippen LogP contribution is 2.48. The summed E-state index contributed by atoms with van der Waals surface area (Å²) in [5, 5.41) is 17.3. The third kappa shape index (κ3) is 6.57. The first-order valence-corrected chi connectivity index (χ1v) is 13.2. The molecule has 0 saturated carbocycles. The molecule has 1 aliphatic heterocycles. The van der Waals surface area contributed by atoms with E-state index in [1.165, 1.54) is 40.3 Å². The molecular weight excluding hydrogens is 575 g/mol. The Morgan fingerprint density at radius 3 is 2.56 bits per heavy atom. The summed E-state index contributed by atoms with van der Waals surface area (Å²) in [4.78, 5) is 16.8. The van der Waals surface area contributed by atoms with Crippen LogP contribution >= 0.6 is 0 Å². The topological polar surface area (TPSA) is 100 Å². The number of ether oxygens (including phenoxy) is 1. The van der Waals surface area contributed by atoms with Gasteiger partial charge in [-0.15, -0.1) is 0 Å². The second-order valence-electron chi connectivity index (χ2n) is 9.85. The Morgan fingerprint density at radius 2 is 1.86 bits per heavy atom. The zero-order valence-electron chi connectivity index (χ0n) is 23.1. The minimum Gasteiger partial charge on any atom is -0.454 e. The molecule has 10 nitrogen and oxygen atoms in total. The summed E-state index contributed by atoms with van der Waals surface area (Å²) in [5.41, 5.74) is -1.23. The second kappa shape index (κ2) is 12.3. The molecule has 43 heavy (non-hydrogen) atoms. The first-order chi connectivity index (χ1) is 20.5. The van der Waals surface area contributed by atoms with Crippen LogP contribution in [0.25, 0.3) is 5.69 Å². The predicted molar refractivity (Wildman–Crippen MR) is 148 cm³/mol. The number of amides is 1. The number of rotatable bonds is 8. The van der Waals surface area contributed by atoms with Crippen molar-refractivity contribution in [3.63, 3.8) is 0 Å². The van der Waals surface area contributed by atoms with Crippen LogP contribution in [0.4, 0.5) is 33.3 Å². The van der Waals surface area contributed by atoms with Crippen LogP contribution in [0.3, 0.4) is 0 Å². The highest BCUT2D eigenvalue weighted by molar-refractivity contribution is 6.05. The molecule has 0 radical (unpaired) electrons. The van der Waals surface area contributed by atoms with Crippen LogP contribution in [0.1, 0.15) is 16.1 Å². The minimum atomic E-state index is -4.99. The third-order valence-corrected chi connectivity index (χ3v) is 6.97. The normalized spacial score (nSPS) is 15.9. The molecule has 226 valence electrons. The summed E-state index contributed by atoms with van der Waals surface area (Å²) >= 11 is 0. The molecule has 1 atom stereocenters. The molecule has 0 bridgehead atoms. The van der Waals surface area contributed by atoms with Gasteiger partial charge in [-0.1, -0.05) is 0 Å². The first-order valence-electron chi connectivity index (χ1n) is 13.2. The largest absolute Gasteiger partial charge is 0.454 e. The number of hydrogen-bond acceptors (Lipinski definition) is 8. The number of benzene rings is 2. The van der Waals surface area contributed by atoms with Crippen molar-refractivity contribution in [2.45, 2.75) is 12.2 Å². The van der Waals surface area contributed by atoms with Gasteiger partial charge in [-0.05, 0) is 50.5 Å². The molecule has 15 heteroatoms. The van der Waals surface area contributed by atoms with Crippen molar-refractivity contribution in [1.82, 2.24) is 30.2 Å². The highest BCUT2D eigenvalue weighted by Gasteiger charge is 2.42. The molecule has 2 aromatic heterocycles. The van der Waals surface area contributed by atoms with Crippen LogP contribution in [0.2, 0.25) is 0 Å². The minimum absolute atomic E-state index is 0.0588. The Kier molecular flexibility index (Phi) is 8.54. The van der Waals surface area contributed by atoms with Crippen LogP contribution < -0.4 is 20.3 Å². The van der Waals surface area contributed by atoms with Gasteiger partial charge in [0.2, 0.25) is 0 Å². The highest BCUT2D eigenvalue weighted by atomic mass is 19.4. The standard InChI is InChI=1S/C28H27F5N8O2/c1-34-14-19-16-40(12-11-39(19)2)26-21(37-27(42)22-8-10-41(38-22)18-7-9-35-36-15-18)4-6-24(25(26)28(31,32)33)43-23-5-3-17(29)13-20(23)30/h3-10,13,15,19,34H,11-12,14,16H2,1-2H3,(H,37,42)/t19-/m0/s1. The quantitative estimate of drug-likeness (QED) is 0.288. The number of hydrogen-bond donors (Lipinski definition) is 2. The number of halogens is 5. The average Bonchev–Trinajstić information content (AvgIpc) is 3.47. The van der Waals surface area contributed by atoms with E-state index in [0.29, 0.717) is 24.8 Å². The van der Waals surface area contributed by atoms with Gasteiger partial charge in [-0.25, -0.2) is 13.5 Å². The van der Waals surface area contributed by atoms with Crippen molar-refractivity contribution in [3.05, 3.63) is 83.9 Å². The number of likely N-dealkylation sites (N-methyl/N-ethyl adjacent to an activating group) is 2. The maximum absolute atomic E-state index is 14.9. The molecule has 1 amide bonds. The fourth-order valence-electron chi connectivity index (χ4n) is 4.84. The van der Waals surface area contributed by atoms with Gasteiger partial charge in [0.1, 0.15) is 17.1 Å². The fourth-order valence-corrected chi connectivity index (χ4v) is 4.84. The molecule has 1 aliphatic rings. The summed E-state index contributed by atoms with van der Waals surface area (Å²) in [7, 11) is 3.62. The van der Waals surface area contributed by atoms with E-state index >= 15 is 0 Å². The van der Waals surface area contributed by atoms with Gasteiger partial charge in [0.15, 0.2) is 17.3 Å². The van der Waals surface area contributed by atoms with E-state index in [1.807, 2.05) is 11.9 Å². The van der Waals surface area contributed by atoms with Crippen LogP contribution in [0.15, 0.2) is 61.1 Å². The lowest BCUT2D eigenvalue weighted by Crippen LogP contribution is -2.55. The molecule has 0 unspecified atom stereocenters. The lowest BCUT2D eigenvalue weighted by molar-refractivity contribution is -0.138. The second-order valence-corrected chi connectivity index (χ2v) is 9.85. The van der Waals surface area contributed by atoms with Crippen molar-refractivity contribution in [1.29, 1.82) is 0 Å². The van der Waals surface area contributed by atoms with E-state index < -0.39 is 40.8 Å². The number of piperazine rings is 1. The lowest BCUT2D eigenvalue weighted by atomic mass is 10.0. The number of alkyl halides is 3. The zero-order valence-corrected chi connectivity index (χ0v) is 23.1. The van der Waals surface area contributed by atoms with Crippen molar-refractivity contribution in [3.8, 4) is 17.2 Å². The Balaban J connectivity index is 1.57. The Labute approximate surface area is 243 Å². The third-order valence-electron chi connectivity index (χ3n) is 6.97. The molecule has 3 heterocycles. The van der Waals surface area contributed by atoms with Crippen LogP contribution in [0.5, 0.6) is 11.5 Å². The number of nitrogens with zero attached hydrogens (tertiary/aromatic N) is 6. The van der Waals surface area contributed by atoms with Gasteiger partial charge < -0.3 is 20.3 Å². The number of carbonyl (C=O) groups excluding carboxylic acids is 1. The summed E-state index contributed by atoms with van der Waals surface area (Å²) in [5.74, 6) is -4.12. The Morgan fingerprint density at radius 1 is 1.07 bits per heavy atom. The molecule has 0 spiro atoms. The van der Waals surface area contributed by atoms with E-state index in [1.54, 1.807) is 13.1 Å². The number of anilines is 2. The van der Waals surface area contributed by atoms with E-state index in [9.17, 15) is 26.7 Å². The average molecular weight is 603 g/mol. The monoisotopic (exact) mass is 602 g/mol. The molecule has 5 rings (SSSR count).